The predicted octanol–water partition coefficient (Wildman–Crippen LogP) is 2.86. The van der Waals surface area contributed by atoms with Crippen LogP contribution in [0.15, 0.2) is 36.9 Å². The molecule has 4 heterocycles. The molecule has 1 saturated heterocycles. The number of H-pyrrole nitrogens is 1. The Morgan fingerprint density at radius 3 is 3.04 bits per heavy atom. The fraction of sp³-hybridized carbons (Fsp3) is 0.294. The molecular weight excluding hydrogens is 340 g/mol. The van der Waals surface area contributed by atoms with Gasteiger partial charge in [0.1, 0.15) is 23.6 Å². The molecule has 2 N–H and O–H groups in total. The lowest BCUT2D eigenvalue weighted by atomic mass is 9.97. The molecule has 128 valence electrons. The Balaban J connectivity index is 1.50. The normalized spacial score (nSPS) is 17.6. The molecule has 0 bridgehead atoms. The van der Waals surface area contributed by atoms with Gasteiger partial charge in [-0.3, -0.25) is 4.79 Å². The largest absolute Gasteiger partial charge is 0.355 e. The Kier molecular flexibility index (Phi) is 4.23. The topological polar surface area (TPSA) is 86.8 Å². The zero-order valence-corrected chi connectivity index (χ0v) is 14.2. The summed E-state index contributed by atoms with van der Waals surface area (Å²) in [6.45, 7) is 1.50. The summed E-state index contributed by atoms with van der Waals surface area (Å²) >= 11 is 5.83. The van der Waals surface area contributed by atoms with Gasteiger partial charge in [0.15, 0.2) is 0 Å². The molecule has 0 spiro atoms. The van der Waals surface area contributed by atoms with Crippen molar-refractivity contribution in [2.24, 2.45) is 5.92 Å². The molecule has 4 rings (SSSR count). The maximum atomic E-state index is 12.6. The molecule has 7 nitrogen and oxygen atoms in total. The molecule has 1 fully saturated rings. The van der Waals surface area contributed by atoms with E-state index >= 15 is 0 Å². The van der Waals surface area contributed by atoms with Gasteiger partial charge >= 0.3 is 0 Å². The highest BCUT2D eigenvalue weighted by Gasteiger charge is 2.27. The van der Waals surface area contributed by atoms with Crippen LogP contribution < -0.4 is 10.2 Å². The fourth-order valence-corrected chi connectivity index (χ4v) is 3.28. The van der Waals surface area contributed by atoms with Crippen molar-refractivity contribution < 1.29 is 4.79 Å². The molecular formula is C17H17ClN6O. The lowest BCUT2D eigenvalue weighted by molar-refractivity contribution is -0.120. The van der Waals surface area contributed by atoms with Gasteiger partial charge < -0.3 is 15.2 Å². The van der Waals surface area contributed by atoms with Gasteiger partial charge in [-0.2, -0.15) is 0 Å². The SMILES string of the molecule is O=C(Nc1ccc(Cl)cn1)[C@@H]1CCCN(c2ncnc3[nH]ccc23)C1. The van der Waals surface area contributed by atoms with Gasteiger partial charge in [0.05, 0.1) is 16.3 Å². The average Bonchev–Trinajstić information content (AvgIpc) is 3.12. The third kappa shape index (κ3) is 3.28. The van der Waals surface area contributed by atoms with Crippen molar-refractivity contribution in [2.75, 3.05) is 23.3 Å². The zero-order valence-electron chi connectivity index (χ0n) is 13.4. The van der Waals surface area contributed by atoms with E-state index in [2.05, 4.69) is 30.2 Å². The van der Waals surface area contributed by atoms with Crippen molar-refractivity contribution in [1.82, 2.24) is 19.9 Å². The monoisotopic (exact) mass is 356 g/mol. The summed E-state index contributed by atoms with van der Waals surface area (Å²) in [4.78, 5) is 30.6. The lowest BCUT2D eigenvalue weighted by Crippen LogP contribution is -2.41. The highest BCUT2D eigenvalue weighted by Crippen LogP contribution is 2.27. The van der Waals surface area contributed by atoms with E-state index < -0.39 is 0 Å². The number of carbonyl (C=O) groups excluding carboxylic acids is 1. The Labute approximate surface area is 149 Å². The van der Waals surface area contributed by atoms with Crippen molar-refractivity contribution in [3.8, 4) is 0 Å². The van der Waals surface area contributed by atoms with Crippen LogP contribution in [-0.4, -0.2) is 38.9 Å². The first-order valence-electron chi connectivity index (χ1n) is 8.16. The van der Waals surface area contributed by atoms with Crippen LogP contribution in [0.4, 0.5) is 11.6 Å². The van der Waals surface area contributed by atoms with E-state index in [0.717, 1.165) is 36.2 Å². The van der Waals surface area contributed by atoms with Gasteiger partial charge in [-0.1, -0.05) is 11.6 Å². The van der Waals surface area contributed by atoms with Crippen LogP contribution in [0.5, 0.6) is 0 Å². The number of pyridine rings is 1. The van der Waals surface area contributed by atoms with Crippen molar-refractivity contribution in [3.05, 3.63) is 41.9 Å². The zero-order chi connectivity index (χ0) is 17.2. The Morgan fingerprint density at radius 2 is 2.20 bits per heavy atom. The minimum atomic E-state index is -0.116. The lowest BCUT2D eigenvalue weighted by Gasteiger charge is -2.33. The van der Waals surface area contributed by atoms with Crippen LogP contribution >= 0.6 is 11.6 Å². The van der Waals surface area contributed by atoms with Crippen LogP contribution in [0.1, 0.15) is 12.8 Å². The molecule has 25 heavy (non-hydrogen) atoms. The third-order valence-electron chi connectivity index (χ3n) is 4.40. The number of nitrogens with one attached hydrogen (secondary N) is 2. The van der Waals surface area contributed by atoms with Crippen molar-refractivity contribution in [1.29, 1.82) is 0 Å². The average molecular weight is 357 g/mol. The second-order valence-corrected chi connectivity index (χ2v) is 6.51. The van der Waals surface area contributed by atoms with Gasteiger partial charge in [-0.15, -0.1) is 0 Å². The summed E-state index contributed by atoms with van der Waals surface area (Å²) in [6, 6.07) is 5.38. The second kappa shape index (κ2) is 6.68. The van der Waals surface area contributed by atoms with Crippen LogP contribution in [0.3, 0.4) is 0 Å². The van der Waals surface area contributed by atoms with Gasteiger partial charge in [0.25, 0.3) is 0 Å². The first-order chi connectivity index (χ1) is 12.2. The third-order valence-corrected chi connectivity index (χ3v) is 4.63. The number of fused-ring (bicyclic) bond motifs is 1. The molecule has 3 aromatic rings. The first-order valence-corrected chi connectivity index (χ1v) is 8.54. The number of hydrogen-bond acceptors (Lipinski definition) is 5. The smallest absolute Gasteiger partial charge is 0.230 e. The van der Waals surface area contributed by atoms with Gasteiger partial charge in [0, 0.05) is 25.5 Å². The van der Waals surface area contributed by atoms with E-state index in [4.69, 9.17) is 11.6 Å². The molecule has 1 aliphatic rings. The standard InChI is InChI=1S/C17H17ClN6O/c18-12-3-4-14(20-8-12)23-17(25)11-2-1-7-24(9-11)16-13-5-6-19-15(13)21-10-22-16/h3-6,8,10-11H,1-2,7,9H2,(H,19,21,22)(H,20,23,25)/t11-/m1/s1. The number of nitrogens with zero attached hydrogens (tertiary/aromatic N) is 4. The van der Waals surface area contributed by atoms with Crippen molar-refractivity contribution >= 4 is 40.2 Å². The highest BCUT2D eigenvalue weighted by atomic mass is 35.5. The molecule has 0 radical (unpaired) electrons. The molecule has 3 aromatic heterocycles. The van der Waals surface area contributed by atoms with Crippen LogP contribution in [0.25, 0.3) is 11.0 Å². The number of anilines is 2. The highest BCUT2D eigenvalue weighted by molar-refractivity contribution is 6.30. The number of halogens is 1. The summed E-state index contributed by atoms with van der Waals surface area (Å²) in [7, 11) is 0. The van der Waals surface area contributed by atoms with E-state index in [1.54, 1.807) is 18.5 Å². The first kappa shape index (κ1) is 15.8. The van der Waals surface area contributed by atoms with Crippen LogP contribution in [-0.2, 0) is 4.79 Å². The molecule has 0 unspecified atom stereocenters. The maximum absolute atomic E-state index is 12.6. The summed E-state index contributed by atoms with van der Waals surface area (Å²) in [6.07, 6.45) is 6.70. The maximum Gasteiger partial charge on any atom is 0.230 e. The molecule has 1 aliphatic heterocycles. The minimum absolute atomic E-state index is 0.0288. The second-order valence-electron chi connectivity index (χ2n) is 6.07. The van der Waals surface area contributed by atoms with Crippen molar-refractivity contribution in [3.63, 3.8) is 0 Å². The van der Waals surface area contributed by atoms with Crippen LogP contribution in [0, 0.1) is 5.92 Å². The van der Waals surface area contributed by atoms with E-state index in [1.165, 1.54) is 6.20 Å². The number of carbonyl (C=O) groups is 1. The molecule has 0 aromatic carbocycles. The molecule has 1 amide bonds. The van der Waals surface area contributed by atoms with E-state index in [-0.39, 0.29) is 11.8 Å². The number of amides is 1. The predicted molar refractivity (Wildman–Crippen MR) is 96.7 cm³/mol. The van der Waals surface area contributed by atoms with E-state index in [0.29, 0.717) is 17.4 Å². The fourth-order valence-electron chi connectivity index (χ4n) is 3.17. The van der Waals surface area contributed by atoms with Gasteiger partial charge in [-0.25, -0.2) is 15.0 Å². The Morgan fingerprint density at radius 1 is 1.28 bits per heavy atom. The summed E-state index contributed by atoms with van der Waals surface area (Å²) in [5.74, 6) is 1.24. The number of aromatic amines is 1. The summed E-state index contributed by atoms with van der Waals surface area (Å²) in [5, 5.41) is 4.39. The van der Waals surface area contributed by atoms with E-state index in [1.807, 2.05) is 12.3 Å². The Bertz CT molecular complexity index is 894. The summed E-state index contributed by atoms with van der Waals surface area (Å²) in [5.41, 5.74) is 0.807. The van der Waals surface area contributed by atoms with Crippen LogP contribution in [0.2, 0.25) is 5.02 Å². The van der Waals surface area contributed by atoms with Gasteiger partial charge in [0.2, 0.25) is 5.91 Å². The number of hydrogen-bond donors (Lipinski definition) is 2. The number of piperidine rings is 1. The Hall–Kier alpha value is -2.67. The van der Waals surface area contributed by atoms with E-state index in [9.17, 15) is 4.79 Å². The number of rotatable bonds is 3. The number of aromatic nitrogens is 4. The summed E-state index contributed by atoms with van der Waals surface area (Å²) < 4.78 is 0. The minimum Gasteiger partial charge on any atom is -0.355 e. The quantitative estimate of drug-likeness (QED) is 0.753. The van der Waals surface area contributed by atoms with Gasteiger partial charge in [-0.05, 0) is 31.0 Å². The molecule has 1 atom stereocenters. The van der Waals surface area contributed by atoms with Crippen molar-refractivity contribution in [2.45, 2.75) is 12.8 Å². The molecule has 0 aliphatic carbocycles. The molecule has 0 saturated carbocycles. The molecule has 8 heteroatoms.